The third-order valence-electron chi connectivity index (χ3n) is 12.8. The van der Waals surface area contributed by atoms with Gasteiger partial charge in [-0.05, 0) is 95.6 Å². The Balaban J connectivity index is 2.52. The van der Waals surface area contributed by atoms with Crippen LogP contribution in [0.3, 0.4) is 0 Å². The molecule has 0 bridgehead atoms. The van der Waals surface area contributed by atoms with Crippen LogP contribution in [0.25, 0.3) is 0 Å². The molecule has 0 spiro atoms. The van der Waals surface area contributed by atoms with Crippen LogP contribution >= 0.6 is 0 Å². The second kappa shape index (κ2) is 40.2. The van der Waals surface area contributed by atoms with Gasteiger partial charge in [0.05, 0.1) is 13.2 Å². The second-order valence-electron chi connectivity index (χ2n) is 18.1. The average Bonchev–Trinajstić information content (AvgIpc) is 3.22. The molecule has 0 unspecified atom stereocenters. The Hall–Kier alpha value is -1.18. The van der Waals surface area contributed by atoms with Crippen LogP contribution in [0.2, 0.25) is 0 Å². The van der Waals surface area contributed by atoms with Gasteiger partial charge in [-0.15, -0.1) is 0 Å². The third kappa shape index (κ3) is 32.3. The van der Waals surface area contributed by atoms with E-state index >= 15 is 0 Å². The highest BCUT2D eigenvalue weighted by Gasteiger charge is 2.21. The third-order valence-corrected chi connectivity index (χ3v) is 12.8. The summed E-state index contributed by atoms with van der Waals surface area (Å²) < 4.78 is 5.79. The lowest BCUT2D eigenvalue weighted by molar-refractivity contribution is -0.145. The topological polar surface area (TPSA) is 82.1 Å². The van der Waals surface area contributed by atoms with E-state index in [1.165, 1.54) is 161 Å². The fourth-order valence-corrected chi connectivity index (χ4v) is 9.09. The highest BCUT2D eigenvalue weighted by molar-refractivity contribution is 5.76. The highest BCUT2D eigenvalue weighted by Crippen LogP contribution is 2.24. The summed E-state index contributed by atoms with van der Waals surface area (Å²) in [6, 6.07) is 0.616. The van der Waals surface area contributed by atoms with E-state index in [-0.39, 0.29) is 18.5 Å². The van der Waals surface area contributed by atoms with E-state index in [0.29, 0.717) is 37.3 Å². The van der Waals surface area contributed by atoms with Crippen molar-refractivity contribution in [1.29, 1.82) is 0 Å². The summed E-state index contributed by atoms with van der Waals surface area (Å²) in [7, 11) is 0. The van der Waals surface area contributed by atoms with E-state index in [1.54, 1.807) is 0 Å². The standard InChI is InChI=1S/C50H99N3O4/c1-5-9-13-20-30-46(31-21-14-10-6-2)44-49(55)51-36-26-18-27-37-52(39-40-53(41-42-54)48-34-24-17-25-35-48)38-28-19-29-43-57-50(56)45-47(32-22-15-11-7-3)33-23-16-12-8-4/h46-48,54H,5-45H2,1-4H3,(H,51,55). The summed E-state index contributed by atoms with van der Waals surface area (Å²) in [4.78, 5) is 30.9. The lowest BCUT2D eigenvalue weighted by Crippen LogP contribution is -2.43. The van der Waals surface area contributed by atoms with Gasteiger partial charge in [-0.1, -0.05) is 156 Å². The zero-order chi connectivity index (χ0) is 41.4. The number of unbranched alkanes of at least 4 members (excludes halogenated alkanes) is 16. The Kier molecular flexibility index (Phi) is 38.0. The number of ether oxygens (including phenoxy) is 1. The quantitative estimate of drug-likeness (QED) is 0.0472. The van der Waals surface area contributed by atoms with Crippen molar-refractivity contribution in [3.8, 4) is 0 Å². The summed E-state index contributed by atoms with van der Waals surface area (Å²) in [6.07, 6.45) is 39.4. The monoisotopic (exact) mass is 806 g/mol. The molecule has 1 saturated carbocycles. The van der Waals surface area contributed by atoms with Gasteiger partial charge in [0.2, 0.25) is 5.91 Å². The number of hydrogen-bond acceptors (Lipinski definition) is 6. The molecular weight excluding hydrogens is 707 g/mol. The Morgan fingerprint density at radius 1 is 0.561 bits per heavy atom. The SMILES string of the molecule is CCCCCCC(CCCCCC)CC(=O)NCCCCCN(CCCCCOC(=O)CC(CCCCCC)CCCCCC)CCN(CCO)C1CCCCC1. The van der Waals surface area contributed by atoms with Gasteiger partial charge in [0, 0.05) is 45.1 Å². The highest BCUT2D eigenvalue weighted by atomic mass is 16.5. The van der Waals surface area contributed by atoms with E-state index in [1.807, 2.05) is 0 Å². The molecule has 338 valence electrons. The maximum atomic E-state index is 12.9. The smallest absolute Gasteiger partial charge is 0.306 e. The molecule has 7 heteroatoms. The first kappa shape index (κ1) is 53.8. The molecular formula is C50H99N3O4. The van der Waals surface area contributed by atoms with Crippen molar-refractivity contribution in [2.75, 3.05) is 52.5 Å². The van der Waals surface area contributed by atoms with Crippen LogP contribution in [-0.4, -0.2) is 85.3 Å². The molecule has 57 heavy (non-hydrogen) atoms. The van der Waals surface area contributed by atoms with Gasteiger partial charge in [-0.2, -0.15) is 0 Å². The Bertz CT molecular complexity index is 804. The fraction of sp³-hybridized carbons (Fsp3) is 0.960. The number of carbonyl (C=O) groups excluding carboxylic acids is 2. The summed E-state index contributed by atoms with van der Waals surface area (Å²) in [5.41, 5.74) is 0. The molecule has 0 atom stereocenters. The predicted molar refractivity (Wildman–Crippen MR) is 245 cm³/mol. The van der Waals surface area contributed by atoms with Crippen LogP contribution in [0, 0.1) is 11.8 Å². The minimum absolute atomic E-state index is 0.0140. The van der Waals surface area contributed by atoms with E-state index in [9.17, 15) is 14.7 Å². The number of esters is 1. The first-order valence-electron chi connectivity index (χ1n) is 25.5. The van der Waals surface area contributed by atoms with Gasteiger partial charge in [0.1, 0.15) is 0 Å². The van der Waals surface area contributed by atoms with Crippen molar-refractivity contribution < 1.29 is 19.4 Å². The van der Waals surface area contributed by atoms with Crippen LogP contribution in [0.4, 0.5) is 0 Å². The van der Waals surface area contributed by atoms with Gasteiger partial charge >= 0.3 is 5.97 Å². The molecule has 7 nitrogen and oxygen atoms in total. The van der Waals surface area contributed by atoms with E-state index in [2.05, 4.69) is 42.8 Å². The summed E-state index contributed by atoms with van der Waals surface area (Å²) in [5.74, 6) is 1.30. The zero-order valence-corrected chi connectivity index (χ0v) is 38.8. The molecule has 0 aromatic carbocycles. The molecule has 0 aliphatic heterocycles. The predicted octanol–water partition coefficient (Wildman–Crippen LogP) is 12.8. The summed E-state index contributed by atoms with van der Waals surface area (Å²) in [5, 5.41) is 13.1. The molecule has 1 rings (SSSR count). The Morgan fingerprint density at radius 3 is 1.56 bits per heavy atom. The minimum atomic E-state index is 0.0140. The average molecular weight is 806 g/mol. The Morgan fingerprint density at radius 2 is 1.05 bits per heavy atom. The van der Waals surface area contributed by atoms with Crippen LogP contribution in [-0.2, 0) is 14.3 Å². The first-order valence-corrected chi connectivity index (χ1v) is 25.5. The van der Waals surface area contributed by atoms with E-state index < -0.39 is 0 Å². The maximum absolute atomic E-state index is 12.9. The number of nitrogens with one attached hydrogen (secondary N) is 1. The lowest BCUT2D eigenvalue weighted by atomic mass is 9.91. The molecule has 2 N–H and O–H groups in total. The molecule has 0 aromatic rings. The number of aliphatic hydroxyl groups excluding tert-OH is 1. The summed E-state index contributed by atoms with van der Waals surface area (Å²) >= 11 is 0. The second-order valence-corrected chi connectivity index (χ2v) is 18.1. The number of hydrogen-bond donors (Lipinski definition) is 2. The van der Waals surface area contributed by atoms with E-state index in [4.69, 9.17) is 4.74 Å². The number of aliphatic hydroxyl groups is 1. The first-order chi connectivity index (χ1) is 28.0. The number of rotatable bonds is 42. The number of carbonyl (C=O) groups is 2. The van der Waals surface area contributed by atoms with Gasteiger partial charge in [-0.3, -0.25) is 14.5 Å². The lowest BCUT2D eigenvalue weighted by Gasteiger charge is -2.35. The van der Waals surface area contributed by atoms with Gasteiger partial charge in [0.25, 0.3) is 0 Å². The van der Waals surface area contributed by atoms with Crippen molar-refractivity contribution in [3.05, 3.63) is 0 Å². The van der Waals surface area contributed by atoms with Crippen molar-refractivity contribution >= 4 is 11.9 Å². The Labute approximate surface area is 355 Å². The van der Waals surface area contributed by atoms with Gasteiger partial charge < -0.3 is 20.1 Å². The van der Waals surface area contributed by atoms with Gasteiger partial charge in [0.15, 0.2) is 0 Å². The molecule has 0 saturated heterocycles. The number of amides is 1. The zero-order valence-electron chi connectivity index (χ0n) is 38.8. The molecule has 0 heterocycles. The molecule has 1 aliphatic rings. The van der Waals surface area contributed by atoms with Crippen molar-refractivity contribution in [1.82, 2.24) is 15.1 Å². The van der Waals surface area contributed by atoms with Crippen molar-refractivity contribution in [2.45, 2.75) is 246 Å². The maximum Gasteiger partial charge on any atom is 0.306 e. The summed E-state index contributed by atoms with van der Waals surface area (Å²) in [6.45, 7) is 15.6. The normalized spacial score (nSPS) is 13.8. The molecule has 0 aromatic heterocycles. The van der Waals surface area contributed by atoms with Gasteiger partial charge in [-0.25, -0.2) is 0 Å². The van der Waals surface area contributed by atoms with Crippen LogP contribution in [0.5, 0.6) is 0 Å². The van der Waals surface area contributed by atoms with Crippen molar-refractivity contribution in [3.63, 3.8) is 0 Å². The minimum Gasteiger partial charge on any atom is -0.466 e. The van der Waals surface area contributed by atoms with Crippen molar-refractivity contribution in [2.24, 2.45) is 11.8 Å². The van der Waals surface area contributed by atoms with Crippen LogP contribution in [0.15, 0.2) is 0 Å². The largest absolute Gasteiger partial charge is 0.466 e. The molecule has 1 aliphatic carbocycles. The molecule has 1 amide bonds. The van der Waals surface area contributed by atoms with Crippen LogP contribution < -0.4 is 5.32 Å². The fourth-order valence-electron chi connectivity index (χ4n) is 9.09. The molecule has 1 fully saturated rings. The number of nitrogens with zero attached hydrogens (tertiary/aromatic N) is 2. The van der Waals surface area contributed by atoms with Crippen LogP contribution in [0.1, 0.15) is 240 Å². The van der Waals surface area contributed by atoms with E-state index in [0.717, 1.165) is 77.8 Å². The molecule has 0 radical (unpaired) electrons.